The van der Waals surface area contributed by atoms with Gasteiger partial charge in [-0.15, -0.1) is 0 Å². The van der Waals surface area contributed by atoms with Gasteiger partial charge in [-0.05, 0) is 23.3 Å². The number of hydrogen-bond acceptors (Lipinski definition) is 4. The lowest BCUT2D eigenvalue weighted by Crippen LogP contribution is -2.38. The molecule has 2 aromatic rings. The van der Waals surface area contributed by atoms with Crippen molar-refractivity contribution in [3.05, 3.63) is 59.3 Å². The van der Waals surface area contributed by atoms with Crippen LogP contribution in [0.5, 0.6) is 0 Å². The monoisotopic (exact) mass is 284 g/mol. The third-order valence-electron chi connectivity index (χ3n) is 3.78. The van der Waals surface area contributed by atoms with Crippen LogP contribution >= 0.6 is 0 Å². The molecular formula is C16H16N2O3. The van der Waals surface area contributed by atoms with Crippen molar-refractivity contribution in [3.63, 3.8) is 0 Å². The summed E-state index contributed by atoms with van der Waals surface area (Å²) < 4.78 is 0. The Morgan fingerprint density at radius 2 is 1.86 bits per heavy atom. The molecule has 1 aliphatic carbocycles. The van der Waals surface area contributed by atoms with Crippen molar-refractivity contribution in [3.8, 4) is 0 Å². The zero-order valence-corrected chi connectivity index (χ0v) is 11.4. The molecule has 0 spiro atoms. The van der Waals surface area contributed by atoms with Crippen molar-refractivity contribution >= 4 is 11.8 Å². The first-order valence-electron chi connectivity index (χ1n) is 6.79. The third-order valence-corrected chi connectivity index (χ3v) is 3.78. The zero-order valence-electron chi connectivity index (χ0n) is 11.4. The van der Waals surface area contributed by atoms with E-state index in [-0.39, 0.29) is 17.9 Å². The summed E-state index contributed by atoms with van der Waals surface area (Å²) in [5, 5.41) is 22.8. The second kappa shape index (κ2) is 5.18. The van der Waals surface area contributed by atoms with Gasteiger partial charge >= 0.3 is 5.97 Å². The molecule has 0 aliphatic heterocycles. The molecule has 0 radical (unpaired) electrons. The van der Waals surface area contributed by atoms with Crippen LogP contribution in [0.2, 0.25) is 0 Å². The number of benzene rings is 1. The van der Waals surface area contributed by atoms with Gasteiger partial charge in [0.1, 0.15) is 11.4 Å². The lowest BCUT2D eigenvalue weighted by atomic mass is 10.0. The number of nitrogens with zero attached hydrogens (tertiary/aromatic N) is 1. The van der Waals surface area contributed by atoms with Gasteiger partial charge in [0.25, 0.3) is 0 Å². The van der Waals surface area contributed by atoms with Crippen molar-refractivity contribution in [1.82, 2.24) is 4.98 Å². The van der Waals surface area contributed by atoms with E-state index in [9.17, 15) is 9.90 Å². The predicted molar refractivity (Wildman–Crippen MR) is 78.5 cm³/mol. The third kappa shape index (κ3) is 2.73. The van der Waals surface area contributed by atoms with E-state index in [1.165, 1.54) is 12.3 Å². The van der Waals surface area contributed by atoms with Crippen molar-refractivity contribution in [1.29, 1.82) is 0 Å². The molecule has 1 heterocycles. The van der Waals surface area contributed by atoms with Crippen LogP contribution in [0, 0.1) is 0 Å². The lowest BCUT2D eigenvalue weighted by molar-refractivity contribution is 0.0642. The van der Waals surface area contributed by atoms with E-state index in [2.05, 4.69) is 10.3 Å². The Balaban J connectivity index is 1.73. The SMILES string of the molecule is O=C(O)c1cccnc1NCC1(O)Cc2ccccc2C1. The molecule has 0 unspecified atom stereocenters. The Labute approximate surface area is 122 Å². The smallest absolute Gasteiger partial charge is 0.339 e. The van der Waals surface area contributed by atoms with Gasteiger partial charge in [-0.1, -0.05) is 24.3 Å². The molecular weight excluding hydrogens is 268 g/mol. The van der Waals surface area contributed by atoms with E-state index >= 15 is 0 Å². The summed E-state index contributed by atoms with van der Waals surface area (Å²) >= 11 is 0. The van der Waals surface area contributed by atoms with Gasteiger partial charge in [0.2, 0.25) is 0 Å². The quantitative estimate of drug-likeness (QED) is 0.796. The van der Waals surface area contributed by atoms with E-state index in [1.807, 2.05) is 24.3 Å². The number of fused-ring (bicyclic) bond motifs is 1. The summed E-state index contributed by atoms with van der Waals surface area (Å²) in [6, 6.07) is 11.0. The van der Waals surface area contributed by atoms with E-state index in [0.29, 0.717) is 12.8 Å². The van der Waals surface area contributed by atoms with Crippen LogP contribution in [-0.4, -0.2) is 33.3 Å². The van der Waals surface area contributed by atoms with Crippen LogP contribution in [0.1, 0.15) is 21.5 Å². The van der Waals surface area contributed by atoms with E-state index in [0.717, 1.165) is 11.1 Å². The minimum atomic E-state index is -1.03. The first-order valence-corrected chi connectivity index (χ1v) is 6.79. The molecule has 3 rings (SSSR count). The van der Waals surface area contributed by atoms with Gasteiger partial charge in [-0.3, -0.25) is 0 Å². The molecule has 0 bridgehead atoms. The number of nitrogens with one attached hydrogen (secondary N) is 1. The molecule has 0 amide bonds. The standard InChI is InChI=1S/C16H16N2O3/c19-15(20)13-6-3-7-17-14(13)18-10-16(21)8-11-4-1-2-5-12(11)9-16/h1-7,21H,8-10H2,(H,17,18)(H,19,20). The van der Waals surface area contributed by atoms with Crippen LogP contribution in [0.4, 0.5) is 5.82 Å². The molecule has 3 N–H and O–H groups in total. The summed E-state index contributed by atoms with van der Waals surface area (Å²) in [6.45, 7) is 0.263. The van der Waals surface area contributed by atoms with Crippen molar-refractivity contribution in [2.75, 3.05) is 11.9 Å². The predicted octanol–water partition coefficient (Wildman–Crippen LogP) is 1.72. The van der Waals surface area contributed by atoms with Gasteiger partial charge in [0.15, 0.2) is 0 Å². The van der Waals surface area contributed by atoms with Crippen molar-refractivity contribution in [2.45, 2.75) is 18.4 Å². The van der Waals surface area contributed by atoms with Crippen LogP contribution in [0.25, 0.3) is 0 Å². The van der Waals surface area contributed by atoms with Crippen molar-refractivity contribution in [2.24, 2.45) is 0 Å². The Morgan fingerprint density at radius 3 is 2.48 bits per heavy atom. The van der Waals surface area contributed by atoms with Gasteiger partial charge in [-0.2, -0.15) is 0 Å². The highest BCUT2D eigenvalue weighted by atomic mass is 16.4. The summed E-state index contributed by atoms with van der Waals surface area (Å²) in [6.07, 6.45) is 2.65. The summed E-state index contributed by atoms with van der Waals surface area (Å²) in [7, 11) is 0. The molecule has 1 aromatic heterocycles. The Hall–Kier alpha value is -2.40. The molecule has 1 aliphatic rings. The normalized spacial score (nSPS) is 15.5. The molecule has 108 valence electrons. The minimum Gasteiger partial charge on any atom is -0.478 e. The molecule has 5 heteroatoms. The number of aromatic carboxylic acids is 1. The van der Waals surface area contributed by atoms with Gasteiger partial charge in [0.05, 0.1) is 5.60 Å². The number of hydrogen-bond donors (Lipinski definition) is 3. The second-order valence-electron chi connectivity index (χ2n) is 5.40. The molecule has 5 nitrogen and oxygen atoms in total. The number of anilines is 1. The molecule has 0 fully saturated rings. The minimum absolute atomic E-state index is 0.108. The first-order chi connectivity index (χ1) is 10.1. The van der Waals surface area contributed by atoms with Crippen LogP contribution in [0.3, 0.4) is 0 Å². The maximum Gasteiger partial charge on any atom is 0.339 e. The van der Waals surface area contributed by atoms with E-state index in [1.54, 1.807) is 6.07 Å². The number of aliphatic hydroxyl groups is 1. The fourth-order valence-electron chi connectivity index (χ4n) is 2.77. The Kier molecular flexibility index (Phi) is 3.35. The lowest BCUT2D eigenvalue weighted by Gasteiger charge is -2.23. The maximum absolute atomic E-state index is 11.1. The first kappa shape index (κ1) is 13.6. The number of carbonyl (C=O) groups is 1. The molecule has 0 atom stereocenters. The van der Waals surface area contributed by atoms with Crippen LogP contribution in [-0.2, 0) is 12.8 Å². The number of rotatable bonds is 4. The molecule has 0 saturated carbocycles. The molecule has 1 aromatic carbocycles. The highest BCUT2D eigenvalue weighted by molar-refractivity contribution is 5.92. The summed E-state index contributed by atoms with van der Waals surface area (Å²) in [5.74, 6) is -0.748. The average Bonchev–Trinajstić information content (AvgIpc) is 2.82. The van der Waals surface area contributed by atoms with Crippen molar-refractivity contribution < 1.29 is 15.0 Å². The van der Waals surface area contributed by atoms with Crippen LogP contribution < -0.4 is 5.32 Å². The largest absolute Gasteiger partial charge is 0.478 e. The fourth-order valence-corrected chi connectivity index (χ4v) is 2.77. The number of carboxylic acid groups (broad SMARTS) is 1. The second-order valence-corrected chi connectivity index (χ2v) is 5.40. The average molecular weight is 284 g/mol. The van der Waals surface area contributed by atoms with Gasteiger partial charge < -0.3 is 15.5 Å². The highest BCUT2D eigenvalue weighted by Gasteiger charge is 2.35. The van der Waals surface area contributed by atoms with Gasteiger partial charge in [0, 0.05) is 25.6 Å². The van der Waals surface area contributed by atoms with Gasteiger partial charge in [-0.25, -0.2) is 9.78 Å². The Morgan fingerprint density at radius 1 is 1.19 bits per heavy atom. The number of carboxylic acids is 1. The van der Waals surface area contributed by atoms with Crippen LogP contribution in [0.15, 0.2) is 42.6 Å². The molecule has 0 saturated heterocycles. The Bertz CT molecular complexity index is 660. The zero-order chi connectivity index (χ0) is 14.9. The topological polar surface area (TPSA) is 82.5 Å². The summed E-state index contributed by atoms with van der Waals surface area (Å²) in [4.78, 5) is 15.2. The number of pyridine rings is 1. The number of aromatic nitrogens is 1. The fraction of sp³-hybridized carbons (Fsp3) is 0.250. The summed E-state index contributed by atoms with van der Waals surface area (Å²) in [5.41, 5.74) is 1.48. The highest BCUT2D eigenvalue weighted by Crippen LogP contribution is 2.30. The van der Waals surface area contributed by atoms with E-state index in [4.69, 9.17) is 5.11 Å². The maximum atomic E-state index is 11.1. The van der Waals surface area contributed by atoms with E-state index < -0.39 is 11.6 Å². The molecule has 21 heavy (non-hydrogen) atoms.